The van der Waals surface area contributed by atoms with Crippen LogP contribution in [0, 0.1) is 5.92 Å². The van der Waals surface area contributed by atoms with E-state index in [9.17, 15) is 9.90 Å². The molecule has 1 amide bonds. The number of carbonyl (C=O) groups is 1. The van der Waals surface area contributed by atoms with Crippen LogP contribution in [0.4, 0.5) is 0 Å². The molecule has 2 saturated heterocycles. The summed E-state index contributed by atoms with van der Waals surface area (Å²) in [5, 5.41) is 13.2. The highest BCUT2D eigenvalue weighted by molar-refractivity contribution is 5.95. The number of benzene rings is 2. The number of likely N-dealkylation sites (tertiary alicyclic amines) is 1. The Hall–Kier alpha value is -2.37. The van der Waals surface area contributed by atoms with Gasteiger partial charge in [-0.3, -0.25) is 4.79 Å². The Balaban J connectivity index is 1.51. The zero-order valence-electron chi connectivity index (χ0n) is 15.9. The van der Waals surface area contributed by atoms with E-state index in [0.717, 1.165) is 37.4 Å². The van der Waals surface area contributed by atoms with Crippen molar-refractivity contribution < 1.29 is 14.6 Å². The van der Waals surface area contributed by atoms with E-state index in [2.05, 4.69) is 23.5 Å². The number of nitrogens with zero attached hydrogens (tertiary/aromatic N) is 1. The van der Waals surface area contributed by atoms with E-state index in [1.54, 1.807) is 4.90 Å². The van der Waals surface area contributed by atoms with Gasteiger partial charge in [0.25, 0.3) is 5.91 Å². The molecule has 0 radical (unpaired) electrons. The maximum atomic E-state index is 12.9. The fourth-order valence-corrected chi connectivity index (χ4v) is 4.92. The smallest absolute Gasteiger partial charge is 0.254 e. The average molecular weight is 378 g/mol. The lowest BCUT2D eigenvalue weighted by molar-refractivity contribution is 0.0764. The Bertz CT molecular complexity index is 891. The lowest BCUT2D eigenvalue weighted by atomic mass is 9.74. The van der Waals surface area contributed by atoms with Crippen LogP contribution in [0.25, 0.3) is 0 Å². The number of carbonyl (C=O) groups excluding carboxylic acids is 1. The summed E-state index contributed by atoms with van der Waals surface area (Å²) in [5.74, 6) is 2.55. The summed E-state index contributed by atoms with van der Waals surface area (Å²) >= 11 is 0. The summed E-state index contributed by atoms with van der Waals surface area (Å²) in [6.45, 7) is 3.12. The van der Waals surface area contributed by atoms with Gasteiger partial charge in [0, 0.05) is 35.7 Å². The molecular weight excluding hydrogens is 352 g/mol. The highest BCUT2D eigenvalue weighted by atomic mass is 16.5. The molecule has 2 unspecified atom stereocenters. The van der Waals surface area contributed by atoms with Crippen molar-refractivity contribution in [2.45, 2.75) is 31.3 Å². The SMILES string of the molecule is O=C(c1ccc2c(c1)Oc1ccccc1C2C1CCNCC1)N1CCC(O)C1. The van der Waals surface area contributed by atoms with Crippen molar-refractivity contribution in [3.8, 4) is 11.5 Å². The van der Waals surface area contributed by atoms with Gasteiger partial charge >= 0.3 is 0 Å². The molecule has 2 aromatic carbocycles. The second kappa shape index (κ2) is 7.22. The predicted molar refractivity (Wildman–Crippen MR) is 107 cm³/mol. The molecule has 3 heterocycles. The van der Waals surface area contributed by atoms with E-state index in [1.165, 1.54) is 11.1 Å². The highest BCUT2D eigenvalue weighted by Gasteiger charge is 2.35. The number of ether oxygens (including phenoxy) is 1. The molecule has 2 N–H and O–H groups in total. The maximum absolute atomic E-state index is 12.9. The fourth-order valence-electron chi connectivity index (χ4n) is 4.92. The Labute approximate surface area is 165 Å². The van der Waals surface area contributed by atoms with Crippen LogP contribution in [0.5, 0.6) is 11.5 Å². The van der Waals surface area contributed by atoms with Crippen LogP contribution in [-0.4, -0.2) is 48.2 Å². The number of rotatable bonds is 2. The molecule has 28 heavy (non-hydrogen) atoms. The van der Waals surface area contributed by atoms with Crippen molar-refractivity contribution in [3.63, 3.8) is 0 Å². The topological polar surface area (TPSA) is 61.8 Å². The zero-order chi connectivity index (χ0) is 19.1. The van der Waals surface area contributed by atoms with Gasteiger partial charge in [0.05, 0.1) is 6.10 Å². The first-order chi connectivity index (χ1) is 13.7. The summed E-state index contributed by atoms with van der Waals surface area (Å²) in [4.78, 5) is 14.6. The van der Waals surface area contributed by atoms with E-state index in [4.69, 9.17) is 4.74 Å². The molecule has 2 fully saturated rings. The van der Waals surface area contributed by atoms with Gasteiger partial charge in [-0.25, -0.2) is 0 Å². The van der Waals surface area contributed by atoms with Crippen molar-refractivity contribution in [3.05, 3.63) is 59.2 Å². The standard InChI is InChI=1S/C23H26N2O3/c26-17-9-12-25(14-17)23(27)16-5-6-19-21(13-16)28-20-4-2-1-3-18(20)22(19)15-7-10-24-11-8-15/h1-6,13,15,17,22,24,26H,7-12,14H2. The van der Waals surface area contributed by atoms with Crippen LogP contribution in [0.3, 0.4) is 0 Å². The van der Waals surface area contributed by atoms with Crippen LogP contribution < -0.4 is 10.1 Å². The Kier molecular flexibility index (Phi) is 4.57. The maximum Gasteiger partial charge on any atom is 0.254 e. The van der Waals surface area contributed by atoms with Crippen molar-refractivity contribution in [1.82, 2.24) is 10.2 Å². The van der Waals surface area contributed by atoms with Crippen LogP contribution in [0.1, 0.15) is 46.7 Å². The third-order valence-corrected chi connectivity index (χ3v) is 6.38. The van der Waals surface area contributed by atoms with Crippen LogP contribution in [-0.2, 0) is 0 Å². The summed E-state index contributed by atoms with van der Waals surface area (Å²) in [5.41, 5.74) is 3.07. The second-order valence-corrected chi connectivity index (χ2v) is 8.15. The van der Waals surface area contributed by atoms with Crippen LogP contribution in [0.2, 0.25) is 0 Å². The largest absolute Gasteiger partial charge is 0.457 e. The lowest BCUT2D eigenvalue weighted by Gasteiger charge is -2.36. The van der Waals surface area contributed by atoms with E-state index in [-0.39, 0.29) is 5.91 Å². The van der Waals surface area contributed by atoms with Crippen molar-refractivity contribution in [1.29, 1.82) is 0 Å². The molecule has 0 aliphatic carbocycles. The molecule has 5 rings (SSSR count). The monoisotopic (exact) mass is 378 g/mol. The van der Waals surface area contributed by atoms with Gasteiger partial charge in [-0.1, -0.05) is 24.3 Å². The van der Waals surface area contributed by atoms with E-state index < -0.39 is 6.10 Å². The van der Waals surface area contributed by atoms with E-state index in [1.807, 2.05) is 24.3 Å². The minimum atomic E-state index is -0.408. The van der Waals surface area contributed by atoms with E-state index in [0.29, 0.717) is 36.9 Å². The predicted octanol–water partition coefficient (Wildman–Crippen LogP) is 3.13. The van der Waals surface area contributed by atoms with Crippen molar-refractivity contribution >= 4 is 5.91 Å². The number of aliphatic hydroxyl groups is 1. The minimum Gasteiger partial charge on any atom is -0.457 e. The molecule has 3 aliphatic heterocycles. The van der Waals surface area contributed by atoms with Crippen molar-refractivity contribution in [2.24, 2.45) is 5.92 Å². The van der Waals surface area contributed by atoms with Gasteiger partial charge in [-0.15, -0.1) is 0 Å². The number of para-hydroxylation sites is 1. The molecule has 0 spiro atoms. The number of nitrogens with one attached hydrogen (secondary N) is 1. The molecule has 2 atom stereocenters. The minimum absolute atomic E-state index is 0.0276. The number of aliphatic hydroxyl groups excluding tert-OH is 1. The number of amides is 1. The van der Waals surface area contributed by atoms with Gasteiger partial charge in [0.1, 0.15) is 11.5 Å². The number of hydrogen-bond acceptors (Lipinski definition) is 4. The highest BCUT2D eigenvalue weighted by Crippen LogP contribution is 2.49. The van der Waals surface area contributed by atoms with E-state index >= 15 is 0 Å². The average Bonchev–Trinajstić information content (AvgIpc) is 3.18. The molecule has 0 aromatic heterocycles. The molecule has 0 bridgehead atoms. The molecule has 0 saturated carbocycles. The van der Waals surface area contributed by atoms with Gasteiger partial charge in [-0.2, -0.15) is 0 Å². The summed E-state index contributed by atoms with van der Waals surface area (Å²) in [7, 11) is 0. The third-order valence-electron chi connectivity index (χ3n) is 6.38. The second-order valence-electron chi connectivity index (χ2n) is 8.15. The van der Waals surface area contributed by atoms with Gasteiger partial charge in [0.15, 0.2) is 0 Å². The Morgan fingerprint density at radius 3 is 2.61 bits per heavy atom. The lowest BCUT2D eigenvalue weighted by Crippen LogP contribution is -2.32. The summed E-state index contributed by atoms with van der Waals surface area (Å²) < 4.78 is 6.24. The van der Waals surface area contributed by atoms with Gasteiger partial charge in [0.2, 0.25) is 0 Å². The van der Waals surface area contributed by atoms with Crippen LogP contribution >= 0.6 is 0 Å². The normalized spacial score (nSPS) is 24.4. The number of hydrogen-bond donors (Lipinski definition) is 2. The first kappa shape index (κ1) is 17.7. The molecule has 5 heteroatoms. The quantitative estimate of drug-likeness (QED) is 0.843. The number of piperidine rings is 1. The molecular formula is C23H26N2O3. The number of β-amino-alcohol motifs (C(OH)–C–C–N with tert-alkyl or cyclic N) is 1. The Morgan fingerprint density at radius 1 is 1.04 bits per heavy atom. The Morgan fingerprint density at radius 2 is 1.82 bits per heavy atom. The molecule has 5 nitrogen and oxygen atoms in total. The van der Waals surface area contributed by atoms with Gasteiger partial charge in [-0.05, 0) is 56.5 Å². The molecule has 146 valence electrons. The molecule has 2 aromatic rings. The third kappa shape index (κ3) is 3.09. The summed E-state index contributed by atoms with van der Waals surface area (Å²) in [6.07, 6.45) is 2.53. The number of fused-ring (bicyclic) bond motifs is 2. The van der Waals surface area contributed by atoms with Crippen LogP contribution in [0.15, 0.2) is 42.5 Å². The first-order valence-corrected chi connectivity index (χ1v) is 10.3. The zero-order valence-corrected chi connectivity index (χ0v) is 15.9. The van der Waals surface area contributed by atoms with Crippen molar-refractivity contribution in [2.75, 3.05) is 26.2 Å². The first-order valence-electron chi connectivity index (χ1n) is 10.3. The summed E-state index contributed by atoms with van der Waals surface area (Å²) in [6, 6.07) is 14.2. The fraction of sp³-hybridized carbons (Fsp3) is 0.435. The van der Waals surface area contributed by atoms with Gasteiger partial charge < -0.3 is 20.1 Å². The molecule has 3 aliphatic rings.